The smallest absolute Gasteiger partial charge is 0.229 e. The van der Waals surface area contributed by atoms with Crippen molar-refractivity contribution in [2.75, 3.05) is 18.4 Å². The lowest BCUT2D eigenvalue weighted by Crippen LogP contribution is -2.33. The summed E-state index contributed by atoms with van der Waals surface area (Å²) in [6, 6.07) is 1.93. The second-order valence-electron chi connectivity index (χ2n) is 6.21. The number of rotatable bonds is 6. The molecule has 0 spiro atoms. The van der Waals surface area contributed by atoms with E-state index in [0.717, 1.165) is 17.3 Å². The molecule has 0 radical (unpaired) electrons. The first-order chi connectivity index (χ1) is 10.4. The first kappa shape index (κ1) is 16.4. The second-order valence-corrected chi connectivity index (χ2v) is 6.21. The molecule has 0 aromatic carbocycles. The van der Waals surface area contributed by atoms with Crippen molar-refractivity contribution < 1.29 is 9.59 Å². The first-order valence-electron chi connectivity index (χ1n) is 7.84. The quantitative estimate of drug-likeness (QED) is 0.816. The second kappa shape index (κ2) is 6.85. The standard InChI is InChI=1S/C16H24N4O2/c1-10(2)12-9-13(19-16(18-12)11(3)4)17-7-8-20-14(21)5-6-15(20)22/h9-11H,5-8H2,1-4H3,(H,17,18,19). The van der Waals surface area contributed by atoms with Gasteiger partial charge < -0.3 is 5.32 Å². The minimum atomic E-state index is -0.0831. The molecule has 2 amide bonds. The predicted molar refractivity (Wildman–Crippen MR) is 84.7 cm³/mol. The van der Waals surface area contributed by atoms with Crippen LogP contribution in [0.25, 0.3) is 0 Å². The topological polar surface area (TPSA) is 75.2 Å². The molecule has 6 nitrogen and oxygen atoms in total. The average Bonchev–Trinajstić information content (AvgIpc) is 2.78. The Labute approximate surface area is 131 Å². The fourth-order valence-electron chi connectivity index (χ4n) is 2.30. The van der Waals surface area contributed by atoms with E-state index >= 15 is 0 Å². The summed E-state index contributed by atoms with van der Waals surface area (Å²) in [5, 5.41) is 3.21. The molecule has 120 valence electrons. The summed E-state index contributed by atoms with van der Waals surface area (Å²) in [6.07, 6.45) is 0.669. The van der Waals surface area contributed by atoms with E-state index in [-0.39, 0.29) is 17.7 Å². The van der Waals surface area contributed by atoms with Gasteiger partial charge in [0.2, 0.25) is 11.8 Å². The number of nitrogens with zero attached hydrogens (tertiary/aromatic N) is 3. The van der Waals surface area contributed by atoms with Gasteiger partial charge in [-0.15, -0.1) is 0 Å². The molecule has 1 aliphatic heterocycles. The van der Waals surface area contributed by atoms with Crippen LogP contribution in [0.5, 0.6) is 0 Å². The van der Waals surface area contributed by atoms with E-state index < -0.39 is 0 Å². The van der Waals surface area contributed by atoms with Gasteiger partial charge in [0.25, 0.3) is 0 Å². The predicted octanol–water partition coefficient (Wildman–Crippen LogP) is 2.28. The highest BCUT2D eigenvalue weighted by atomic mass is 16.2. The molecular formula is C16H24N4O2. The lowest BCUT2D eigenvalue weighted by molar-refractivity contribution is -0.138. The number of hydrogen-bond donors (Lipinski definition) is 1. The van der Waals surface area contributed by atoms with E-state index in [1.165, 1.54) is 4.90 Å². The van der Waals surface area contributed by atoms with Gasteiger partial charge in [0.15, 0.2) is 0 Å². The van der Waals surface area contributed by atoms with Gasteiger partial charge in [-0.2, -0.15) is 0 Å². The van der Waals surface area contributed by atoms with Crippen molar-refractivity contribution >= 4 is 17.6 Å². The van der Waals surface area contributed by atoms with E-state index in [9.17, 15) is 9.59 Å². The molecule has 1 aromatic heterocycles. The summed E-state index contributed by atoms with van der Waals surface area (Å²) in [5.41, 5.74) is 0.995. The Balaban J connectivity index is 2.02. The fraction of sp³-hybridized carbons (Fsp3) is 0.625. The summed E-state index contributed by atoms with van der Waals surface area (Å²) in [7, 11) is 0. The average molecular weight is 304 g/mol. The Bertz CT molecular complexity index is 527. The summed E-state index contributed by atoms with van der Waals surface area (Å²) in [5.74, 6) is 1.97. The van der Waals surface area contributed by atoms with E-state index in [2.05, 4.69) is 43.0 Å². The minimum Gasteiger partial charge on any atom is -0.368 e. The van der Waals surface area contributed by atoms with Gasteiger partial charge in [-0.05, 0) is 5.92 Å². The van der Waals surface area contributed by atoms with Crippen LogP contribution < -0.4 is 5.32 Å². The van der Waals surface area contributed by atoms with E-state index in [0.29, 0.717) is 31.8 Å². The Morgan fingerprint density at radius 1 is 1.09 bits per heavy atom. The van der Waals surface area contributed by atoms with Gasteiger partial charge in [-0.1, -0.05) is 27.7 Å². The zero-order chi connectivity index (χ0) is 16.3. The Morgan fingerprint density at radius 3 is 2.27 bits per heavy atom. The number of amides is 2. The molecule has 1 aromatic rings. The highest BCUT2D eigenvalue weighted by Gasteiger charge is 2.28. The number of anilines is 1. The zero-order valence-electron chi connectivity index (χ0n) is 13.7. The van der Waals surface area contributed by atoms with Gasteiger partial charge in [-0.3, -0.25) is 14.5 Å². The molecule has 0 aliphatic carbocycles. The van der Waals surface area contributed by atoms with Gasteiger partial charge in [0.1, 0.15) is 11.6 Å². The minimum absolute atomic E-state index is 0.0831. The van der Waals surface area contributed by atoms with Crippen molar-refractivity contribution in [1.82, 2.24) is 14.9 Å². The van der Waals surface area contributed by atoms with E-state index in [4.69, 9.17) is 0 Å². The van der Waals surface area contributed by atoms with Crippen molar-refractivity contribution in [3.05, 3.63) is 17.6 Å². The van der Waals surface area contributed by atoms with Crippen LogP contribution in [0.15, 0.2) is 6.07 Å². The molecule has 2 rings (SSSR count). The Hall–Kier alpha value is -1.98. The number of likely N-dealkylation sites (tertiary alicyclic amines) is 1. The summed E-state index contributed by atoms with van der Waals surface area (Å²) in [6.45, 7) is 9.20. The molecule has 22 heavy (non-hydrogen) atoms. The molecule has 1 aliphatic rings. The maximum Gasteiger partial charge on any atom is 0.229 e. The van der Waals surface area contributed by atoms with Crippen LogP contribution in [0.4, 0.5) is 5.82 Å². The molecule has 2 heterocycles. The van der Waals surface area contributed by atoms with Gasteiger partial charge in [0, 0.05) is 43.6 Å². The summed E-state index contributed by atoms with van der Waals surface area (Å²) in [4.78, 5) is 33.5. The van der Waals surface area contributed by atoms with Crippen LogP contribution in [0.1, 0.15) is 63.9 Å². The number of carbonyl (C=O) groups excluding carboxylic acids is 2. The van der Waals surface area contributed by atoms with Crippen LogP contribution in [-0.2, 0) is 9.59 Å². The van der Waals surface area contributed by atoms with Crippen LogP contribution >= 0.6 is 0 Å². The van der Waals surface area contributed by atoms with E-state index in [1.807, 2.05) is 6.07 Å². The maximum atomic E-state index is 11.6. The monoisotopic (exact) mass is 304 g/mol. The lowest BCUT2D eigenvalue weighted by atomic mass is 10.1. The summed E-state index contributed by atoms with van der Waals surface area (Å²) >= 11 is 0. The molecule has 0 unspecified atom stereocenters. The number of carbonyl (C=O) groups is 2. The normalized spacial score (nSPS) is 15.3. The number of hydrogen-bond acceptors (Lipinski definition) is 5. The third-order valence-corrected chi connectivity index (χ3v) is 3.67. The molecule has 1 saturated heterocycles. The lowest BCUT2D eigenvalue weighted by Gasteiger charge is -2.16. The third kappa shape index (κ3) is 3.81. The molecule has 0 atom stereocenters. The van der Waals surface area contributed by atoms with Crippen molar-refractivity contribution in [2.24, 2.45) is 0 Å². The molecule has 0 saturated carbocycles. The van der Waals surface area contributed by atoms with Gasteiger partial charge in [-0.25, -0.2) is 9.97 Å². The number of nitrogens with one attached hydrogen (secondary N) is 1. The van der Waals surface area contributed by atoms with Crippen molar-refractivity contribution in [3.8, 4) is 0 Å². The zero-order valence-corrected chi connectivity index (χ0v) is 13.7. The van der Waals surface area contributed by atoms with Crippen molar-refractivity contribution in [1.29, 1.82) is 0 Å². The van der Waals surface area contributed by atoms with Gasteiger partial charge in [0.05, 0.1) is 0 Å². The highest BCUT2D eigenvalue weighted by molar-refractivity contribution is 6.01. The Morgan fingerprint density at radius 2 is 1.73 bits per heavy atom. The van der Waals surface area contributed by atoms with Crippen LogP contribution in [0, 0.1) is 0 Å². The number of aromatic nitrogens is 2. The SMILES string of the molecule is CC(C)c1cc(NCCN2C(=O)CCC2=O)nc(C(C)C)n1. The van der Waals surface area contributed by atoms with Crippen LogP contribution in [0.2, 0.25) is 0 Å². The van der Waals surface area contributed by atoms with E-state index in [1.54, 1.807) is 0 Å². The first-order valence-corrected chi connectivity index (χ1v) is 7.84. The molecule has 1 fully saturated rings. The molecule has 6 heteroatoms. The fourth-order valence-corrected chi connectivity index (χ4v) is 2.30. The van der Waals surface area contributed by atoms with Crippen molar-refractivity contribution in [3.63, 3.8) is 0 Å². The van der Waals surface area contributed by atoms with Crippen LogP contribution in [0.3, 0.4) is 0 Å². The maximum absolute atomic E-state index is 11.6. The van der Waals surface area contributed by atoms with Gasteiger partial charge >= 0.3 is 0 Å². The third-order valence-electron chi connectivity index (χ3n) is 3.67. The van der Waals surface area contributed by atoms with Crippen molar-refractivity contribution in [2.45, 2.75) is 52.4 Å². The summed E-state index contributed by atoms with van der Waals surface area (Å²) < 4.78 is 0. The Kier molecular flexibility index (Phi) is 5.11. The molecular weight excluding hydrogens is 280 g/mol. The van der Waals surface area contributed by atoms with Crippen LogP contribution in [-0.4, -0.2) is 39.8 Å². The highest BCUT2D eigenvalue weighted by Crippen LogP contribution is 2.19. The molecule has 1 N–H and O–H groups in total. The number of imide groups is 1. The largest absolute Gasteiger partial charge is 0.368 e. The molecule has 0 bridgehead atoms.